The van der Waals surface area contributed by atoms with Crippen LogP contribution in [-0.2, 0) is 4.74 Å². The van der Waals surface area contributed by atoms with Crippen molar-refractivity contribution in [3.05, 3.63) is 0 Å². The maximum absolute atomic E-state index is 9.47. The number of hydrogen-bond acceptors (Lipinski definition) is 6. The van der Waals surface area contributed by atoms with Gasteiger partial charge in [0.2, 0.25) is 0 Å². The van der Waals surface area contributed by atoms with Gasteiger partial charge in [0.15, 0.2) is 0 Å². The van der Waals surface area contributed by atoms with Gasteiger partial charge in [0.1, 0.15) is 23.7 Å². The van der Waals surface area contributed by atoms with E-state index in [9.17, 15) is 10.2 Å². The van der Waals surface area contributed by atoms with Crippen molar-refractivity contribution in [2.45, 2.75) is 29.8 Å². The molecule has 1 heterocycles. The normalized spacial score (nSPS) is 46.4. The molecule has 0 unspecified atom stereocenters. The van der Waals surface area contributed by atoms with Gasteiger partial charge < -0.3 is 25.8 Å². The fraction of sp³-hybridized carbons (Fsp3) is 1.00. The zero-order chi connectivity index (χ0) is 10.0. The molecular weight excluding hydrogens is 194 g/mol. The summed E-state index contributed by atoms with van der Waals surface area (Å²) in [6.45, 7) is -0.317. The molecule has 78 valence electrons. The quantitative estimate of drug-likeness (QED) is 0.425. The Kier molecular flexibility index (Phi) is 3.96. The van der Waals surface area contributed by atoms with Crippen molar-refractivity contribution in [2.75, 3.05) is 12.9 Å². The van der Waals surface area contributed by atoms with Gasteiger partial charge in [0, 0.05) is 0 Å². The van der Waals surface area contributed by atoms with Crippen molar-refractivity contribution < 1.29 is 20.1 Å². The van der Waals surface area contributed by atoms with E-state index < -0.39 is 24.4 Å². The molecule has 0 radical (unpaired) electrons. The summed E-state index contributed by atoms with van der Waals surface area (Å²) < 4.78 is 5.26. The zero-order valence-electron chi connectivity index (χ0n) is 7.33. The number of rotatable bonds is 2. The molecular formula is C7H15NO4S. The molecule has 1 saturated heterocycles. The Balaban J connectivity index is 2.66. The third-order valence-electron chi connectivity index (χ3n) is 2.16. The second-order valence-corrected chi connectivity index (χ2v) is 3.96. The monoisotopic (exact) mass is 209 g/mol. The first-order chi connectivity index (χ1) is 6.11. The minimum absolute atomic E-state index is 0.317. The smallest absolute Gasteiger partial charge is 0.121 e. The topological polar surface area (TPSA) is 95.9 Å². The van der Waals surface area contributed by atoms with Crippen LogP contribution in [0.3, 0.4) is 0 Å². The number of hydrogen-bond donors (Lipinski definition) is 4. The van der Waals surface area contributed by atoms with E-state index in [0.29, 0.717) is 0 Å². The van der Waals surface area contributed by atoms with Gasteiger partial charge in [0.05, 0.1) is 12.6 Å². The van der Waals surface area contributed by atoms with Crippen LogP contribution in [0.1, 0.15) is 0 Å². The largest absolute Gasteiger partial charge is 0.394 e. The molecule has 1 fully saturated rings. The fourth-order valence-electron chi connectivity index (χ4n) is 1.32. The number of ether oxygens (including phenoxy) is 1. The average molecular weight is 209 g/mol. The molecule has 0 aromatic rings. The van der Waals surface area contributed by atoms with Crippen LogP contribution in [0, 0.1) is 0 Å². The molecule has 13 heavy (non-hydrogen) atoms. The molecule has 5 N–H and O–H groups in total. The number of thioether (sulfide) groups is 1. The molecule has 0 aromatic carbocycles. The minimum atomic E-state index is -1.11. The molecule has 1 aliphatic rings. The Labute approximate surface area is 80.9 Å². The first-order valence-corrected chi connectivity index (χ1v) is 5.31. The van der Waals surface area contributed by atoms with Crippen molar-refractivity contribution in [2.24, 2.45) is 5.73 Å². The molecule has 5 nitrogen and oxygen atoms in total. The maximum Gasteiger partial charge on any atom is 0.121 e. The summed E-state index contributed by atoms with van der Waals surface area (Å²) in [6, 6.07) is -0.618. The van der Waals surface area contributed by atoms with Gasteiger partial charge in [-0.1, -0.05) is 0 Å². The summed E-state index contributed by atoms with van der Waals surface area (Å²) in [5.74, 6) is 0. The van der Waals surface area contributed by atoms with Crippen molar-refractivity contribution in [3.8, 4) is 0 Å². The van der Waals surface area contributed by atoms with E-state index in [1.807, 2.05) is 0 Å². The lowest BCUT2D eigenvalue weighted by Crippen LogP contribution is -2.60. The predicted octanol–water partition coefficient (Wildman–Crippen LogP) is -1.88. The molecule has 0 amide bonds. The van der Waals surface area contributed by atoms with E-state index >= 15 is 0 Å². The molecule has 1 rings (SSSR count). The summed E-state index contributed by atoms with van der Waals surface area (Å²) in [6.07, 6.45) is -1.09. The van der Waals surface area contributed by atoms with E-state index in [4.69, 9.17) is 15.6 Å². The highest BCUT2D eigenvalue weighted by Gasteiger charge is 2.41. The van der Waals surface area contributed by atoms with Crippen LogP contribution in [0.5, 0.6) is 0 Å². The van der Waals surface area contributed by atoms with E-state index in [-0.39, 0.29) is 12.0 Å². The van der Waals surface area contributed by atoms with Crippen LogP contribution in [0.25, 0.3) is 0 Å². The highest BCUT2D eigenvalue weighted by molar-refractivity contribution is 7.99. The van der Waals surface area contributed by atoms with Crippen LogP contribution in [0.2, 0.25) is 0 Å². The highest BCUT2D eigenvalue weighted by atomic mass is 32.2. The second kappa shape index (κ2) is 4.59. The van der Waals surface area contributed by atoms with Gasteiger partial charge in [-0.05, 0) is 6.26 Å². The van der Waals surface area contributed by atoms with E-state index in [1.165, 1.54) is 11.8 Å². The zero-order valence-corrected chi connectivity index (χ0v) is 8.15. The molecule has 0 saturated carbocycles. The van der Waals surface area contributed by atoms with E-state index in [1.54, 1.807) is 6.26 Å². The minimum Gasteiger partial charge on any atom is -0.394 e. The molecule has 0 spiro atoms. The molecule has 0 aromatic heterocycles. The number of aliphatic hydroxyl groups is 3. The first-order valence-electron chi connectivity index (χ1n) is 4.02. The van der Waals surface area contributed by atoms with Crippen molar-refractivity contribution in [1.82, 2.24) is 0 Å². The Hall–Kier alpha value is 0.150. The van der Waals surface area contributed by atoms with Gasteiger partial charge >= 0.3 is 0 Å². The Bertz CT molecular complexity index is 151. The third kappa shape index (κ3) is 2.15. The first kappa shape index (κ1) is 11.2. The van der Waals surface area contributed by atoms with Gasteiger partial charge in [-0.25, -0.2) is 0 Å². The Morgan fingerprint density at radius 3 is 2.46 bits per heavy atom. The molecule has 6 heteroatoms. The summed E-state index contributed by atoms with van der Waals surface area (Å²) in [5, 5.41) is 27.7. The predicted molar refractivity (Wildman–Crippen MR) is 49.3 cm³/mol. The van der Waals surface area contributed by atoms with Crippen LogP contribution in [0.15, 0.2) is 0 Å². The third-order valence-corrected chi connectivity index (χ3v) is 3.05. The van der Waals surface area contributed by atoms with Crippen molar-refractivity contribution >= 4 is 11.8 Å². The van der Waals surface area contributed by atoms with E-state index in [0.717, 1.165) is 0 Å². The molecule has 1 aliphatic heterocycles. The summed E-state index contributed by atoms with van der Waals surface area (Å²) in [7, 11) is 0. The van der Waals surface area contributed by atoms with Crippen LogP contribution in [-0.4, -0.2) is 58.0 Å². The van der Waals surface area contributed by atoms with Gasteiger partial charge in [0.25, 0.3) is 0 Å². The lowest BCUT2D eigenvalue weighted by atomic mass is 9.99. The van der Waals surface area contributed by atoms with Crippen molar-refractivity contribution in [1.29, 1.82) is 0 Å². The van der Waals surface area contributed by atoms with Crippen LogP contribution < -0.4 is 5.73 Å². The van der Waals surface area contributed by atoms with E-state index in [2.05, 4.69) is 0 Å². The number of nitrogens with two attached hydrogens (primary N) is 1. The van der Waals surface area contributed by atoms with Crippen molar-refractivity contribution in [3.63, 3.8) is 0 Å². The molecule has 0 bridgehead atoms. The van der Waals surface area contributed by atoms with Gasteiger partial charge in [-0.2, -0.15) is 0 Å². The SMILES string of the molecule is CS[C@@H]1O[C@H](CO)[C@H](O)[C@H](O)[C@H]1N. The fourth-order valence-corrected chi connectivity index (χ4v) is 2.04. The maximum atomic E-state index is 9.47. The summed E-state index contributed by atoms with van der Waals surface area (Å²) in [4.78, 5) is 0. The lowest BCUT2D eigenvalue weighted by Gasteiger charge is -2.39. The number of aliphatic hydroxyl groups excluding tert-OH is 3. The standard InChI is InChI=1S/C7H15NO4S/c1-13-7-4(8)6(11)5(10)3(2-9)12-7/h3-7,9-11H,2,8H2,1H3/t3-,4-,5+,6-,7+/m1/s1. The highest BCUT2D eigenvalue weighted by Crippen LogP contribution is 2.25. The average Bonchev–Trinajstić information content (AvgIpc) is 2.15. The molecule has 0 aliphatic carbocycles. The summed E-state index contributed by atoms with van der Waals surface area (Å²) in [5.41, 5.74) is 5.22. The van der Waals surface area contributed by atoms with Crippen LogP contribution >= 0.6 is 11.8 Å². The second-order valence-electron chi connectivity index (χ2n) is 3.02. The lowest BCUT2D eigenvalue weighted by molar-refractivity contribution is -0.165. The Morgan fingerprint density at radius 1 is 1.38 bits per heavy atom. The summed E-state index contributed by atoms with van der Waals surface area (Å²) >= 11 is 1.35. The van der Waals surface area contributed by atoms with Gasteiger partial charge in [-0.15, -0.1) is 11.8 Å². The van der Waals surface area contributed by atoms with Gasteiger partial charge in [-0.3, -0.25) is 0 Å². The van der Waals surface area contributed by atoms with Crippen LogP contribution in [0.4, 0.5) is 0 Å². The molecule has 5 atom stereocenters. The Morgan fingerprint density at radius 2 is 2.00 bits per heavy atom.